The standard InChI is InChI=1S/C22H23F3O3/c1-26-19-11-16-15-8-3-4-9-18(15)28-21(17(16)12-20(19)27-2)13-6-5-7-14(10-13)22(23,24)25/h5-7,10-12,15,18,21H,3-4,8-9H2,1-2H3/t15-,18-,21+/m0/s1. The lowest BCUT2D eigenvalue weighted by Gasteiger charge is -2.41. The van der Waals surface area contributed by atoms with Crippen LogP contribution < -0.4 is 9.47 Å². The molecular formula is C22H23F3O3. The van der Waals surface area contributed by atoms with Crippen molar-refractivity contribution < 1.29 is 27.4 Å². The van der Waals surface area contributed by atoms with E-state index in [0.717, 1.165) is 42.9 Å². The van der Waals surface area contributed by atoms with Crippen molar-refractivity contribution in [1.82, 2.24) is 0 Å². The van der Waals surface area contributed by atoms with Crippen LogP contribution >= 0.6 is 0 Å². The molecule has 3 atom stereocenters. The van der Waals surface area contributed by atoms with Crippen LogP contribution in [0.1, 0.15) is 60.0 Å². The normalized spacial score (nSPS) is 24.2. The molecule has 0 amide bonds. The van der Waals surface area contributed by atoms with Gasteiger partial charge in [-0.25, -0.2) is 0 Å². The number of hydrogen-bond donors (Lipinski definition) is 0. The third-order valence-corrected chi connectivity index (χ3v) is 5.80. The van der Waals surface area contributed by atoms with E-state index < -0.39 is 17.8 Å². The van der Waals surface area contributed by atoms with Gasteiger partial charge in [0.15, 0.2) is 11.5 Å². The lowest BCUT2D eigenvalue weighted by molar-refractivity contribution is -0.137. The SMILES string of the molecule is COc1cc2c(cc1OC)[C@@H]1CCCC[C@@H]1O[C@@H]2c1cccc(C(F)(F)F)c1. The van der Waals surface area contributed by atoms with Gasteiger partial charge in [-0.2, -0.15) is 13.2 Å². The van der Waals surface area contributed by atoms with Crippen molar-refractivity contribution >= 4 is 0 Å². The van der Waals surface area contributed by atoms with Gasteiger partial charge in [0.05, 0.1) is 25.9 Å². The second kappa shape index (κ2) is 7.32. The summed E-state index contributed by atoms with van der Waals surface area (Å²) in [6.07, 6.45) is -0.851. The van der Waals surface area contributed by atoms with Crippen LogP contribution in [0.5, 0.6) is 11.5 Å². The van der Waals surface area contributed by atoms with E-state index in [9.17, 15) is 13.2 Å². The predicted molar refractivity (Wildman–Crippen MR) is 98.9 cm³/mol. The molecule has 0 N–H and O–H groups in total. The van der Waals surface area contributed by atoms with E-state index in [1.807, 2.05) is 12.1 Å². The van der Waals surface area contributed by atoms with Gasteiger partial charge >= 0.3 is 6.18 Å². The van der Waals surface area contributed by atoms with Crippen molar-refractivity contribution in [2.75, 3.05) is 14.2 Å². The topological polar surface area (TPSA) is 27.7 Å². The Morgan fingerprint density at radius 2 is 1.61 bits per heavy atom. The summed E-state index contributed by atoms with van der Waals surface area (Å²) in [5.74, 6) is 1.41. The number of fused-ring (bicyclic) bond motifs is 3. The Kier molecular flexibility index (Phi) is 5.00. The number of hydrogen-bond acceptors (Lipinski definition) is 3. The average molecular weight is 392 g/mol. The molecule has 0 spiro atoms. The molecule has 2 aromatic carbocycles. The fraction of sp³-hybridized carbons (Fsp3) is 0.455. The minimum atomic E-state index is -4.39. The molecule has 1 aliphatic heterocycles. The van der Waals surface area contributed by atoms with E-state index in [0.29, 0.717) is 17.1 Å². The first-order valence-electron chi connectivity index (χ1n) is 9.51. The Morgan fingerprint density at radius 1 is 0.929 bits per heavy atom. The summed E-state index contributed by atoms with van der Waals surface area (Å²) in [5, 5.41) is 0. The van der Waals surface area contributed by atoms with Crippen LogP contribution in [0, 0.1) is 0 Å². The fourth-order valence-corrected chi connectivity index (χ4v) is 4.46. The van der Waals surface area contributed by atoms with Crippen molar-refractivity contribution in [3.05, 3.63) is 58.7 Å². The van der Waals surface area contributed by atoms with Crippen LogP contribution in [0.2, 0.25) is 0 Å². The summed E-state index contributed by atoms with van der Waals surface area (Å²) in [7, 11) is 3.14. The van der Waals surface area contributed by atoms with Gasteiger partial charge in [0.25, 0.3) is 0 Å². The molecule has 4 rings (SSSR count). The van der Waals surface area contributed by atoms with Gasteiger partial charge in [0.1, 0.15) is 6.10 Å². The molecule has 1 saturated carbocycles. The molecule has 6 heteroatoms. The minimum Gasteiger partial charge on any atom is -0.493 e. The quantitative estimate of drug-likeness (QED) is 0.654. The first-order chi connectivity index (χ1) is 13.4. The molecule has 2 aromatic rings. The van der Waals surface area contributed by atoms with Crippen LogP contribution in [0.15, 0.2) is 36.4 Å². The molecule has 0 bridgehead atoms. The number of rotatable bonds is 3. The van der Waals surface area contributed by atoms with Crippen molar-refractivity contribution in [3.63, 3.8) is 0 Å². The first kappa shape index (κ1) is 19.1. The molecule has 28 heavy (non-hydrogen) atoms. The zero-order valence-electron chi connectivity index (χ0n) is 15.9. The monoisotopic (exact) mass is 392 g/mol. The molecule has 0 radical (unpaired) electrons. The zero-order valence-corrected chi connectivity index (χ0v) is 15.9. The molecule has 150 valence electrons. The van der Waals surface area contributed by atoms with E-state index in [-0.39, 0.29) is 12.0 Å². The molecule has 1 fully saturated rings. The van der Waals surface area contributed by atoms with E-state index in [4.69, 9.17) is 14.2 Å². The summed E-state index contributed by atoms with van der Waals surface area (Å²) in [4.78, 5) is 0. The summed E-state index contributed by atoms with van der Waals surface area (Å²) in [5.41, 5.74) is 1.80. The molecule has 1 aliphatic carbocycles. The highest BCUT2D eigenvalue weighted by molar-refractivity contribution is 5.52. The van der Waals surface area contributed by atoms with Crippen LogP contribution in [0.4, 0.5) is 13.2 Å². The third-order valence-electron chi connectivity index (χ3n) is 5.80. The third kappa shape index (κ3) is 3.34. The van der Waals surface area contributed by atoms with Gasteiger partial charge in [-0.3, -0.25) is 0 Å². The van der Waals surface area contributed by atoms with E-state index >= 15 is 0 Å². The van der Waals surface area contributed by atoms with E-state index in [2.05, 4.69) is 0 Å². The fourth-order valence-electron chi connectivity index (χ4n) is 4.46. The number of alkyl halides is 3. The molecule has 2 aliphatic rings. The second-order valence-electron chi connectivity index (χ2n) is 7.40. The maximum Gasteiger partial charge on any atom is 0.416 e. The van der Waals surface area contributed by atoms with Gasteiger partial charge in [-0.1, -0.05) is 25.0 Å². The lowest BCUT2D eigenvalue weighted by Crippen LogP contribution is -2.34. The van der Waals surface area contributed by atoms with Crippen molar-refractivity contribution in [2.24, 2.45) is 0 Å². The van der Waals surface area contributed by atoms with Crippen molar-refractivity contribution in [2.45, 2.75) is 50.0 Å². The van der Waals surface area contributed by atoms with Crippen molar-refractivity contribution in [3.8, 4) is 11.5 Å². The Bertz CT molecular complexity index is 863. The Labute approximate surface area is 162 Å². The number of methoxy groups -OCH3 is 2. The van der Waals surface area contributed by atoms with Crippen LogP contribution in [-0.4, -0.2) is 20.3 Å². The molecule has 1 heterocycles. The van der Waals surface area contributed by atoms with Gasteiger partial charge in [-0.15, -0.1) is 0 Å². The maximum atomic E-state index is 13.2. The Balaban J connectivity index is 1.85. The minimum absolute atomic E-state index is 0.00102. The van der Waals surface area contributed by atoms with Crippen molar-refractivity contribution in [1.29, 1.82) is 0 Å². The second-order valence-corrected chi connectivity index (χ2v) is 7.40. The largest absolute Gasteiger partial charge is 0.493 e. The summed E-state index contributed by atoms with van der Waals surface area (Å²) >= 11 is 0. The number of halogens is 3. The van der Waals surface area contributed by atoms with Gasteiger partial charge in [0.2, 0.25) is 0 Å². The lowest BCUT2D eigenvalue weighted by atomic mass is 9.75. The first-order valence-corrected chi connectivity index (χ1v) is 9.51. The summed E-state index contributed by atoms with van der Waals surface area (Å²) in [6, 6.07) is 9.24. The summed E-state index contributed by atoms with van der Waals surface area (Å²) < 4.78 is 57.0. The highest BCUT2D eigenvalue weighted by atomic mass is 19.4. The Morgan fingerprint density at radius 3 is 2.29 bits per heavy atom. The maximum absolute atomic E-state index is 13.2. The van der Waals surface area contributed by atoms with Crippen LogP contribution in [0.25, 0.3) is 0 Å². The average Bonchev–Trinajstić information content (AvgIpc) is 2.71. The van der Waals surface area contributed by atoms with Gasteiger partial charge in [0, 0.05) is 5.92 Å². The highest BCUT2D eigenvalue weighted by Gasteiger charge is 2.39. The highest BCUT2D eigenvalue weighted by Crippen LogP contribution is 2.50. The molecule has 0 aromatic heterocycles. The van der Waals surface area contributed by atoms with Gasteiger partial charge in [-0.05, 0) is 53.8 Å². The molecule has 0 unspecified atom stereocenters. The van der Waals surface area contributed by atoms with E-state index in [1.54, 1.807) is 20.3 Å². The van der Waals surface area contributed by atoms with Crippen LogP contribution in [0.3, 0.4) is 0 Å². The molecule has 0 saturated heterocycles. The molecular weight excluding hydrogens is 369 g/mol. The smallest absolute Gasteiger partial charge is 0.416 e. The summed E-state index contributed by atoms with van der Waals surface area (Å²) in [6.45, 7) is 0. The zero-order chi connectivity index (χ0) is 19.9. The number of benzene rings is 2. The Hall–Kier alpha value is -2.21. The molecule has 3 nitrogen and oxygen atoms in total. The van der Waals surface area contributed by atoms with Crippen LogP contribution in [-0.2, 0) is 10.9 Å². The van der Waals surface area contributed by atoms with E-state index in [1.165, 1.54) is 12.1 Å². The predicted octanol–water partition coefficient (Wildman–Crippen LogP) is 5.87. The van der Waals surface area contributed by atoms with Gasteiger partial charge < -0.3 is 14.2 Å². The number of ether oxygens (including phenoxy) is 3.